The summed E-state index contributed by atoms with van der Waals surface area (Å²) in [5, 5.41) is 0. The van der Waals surface area contributed by atoms with E-state index < -0.39 is 0 Å². The predicted octanol–water partition coefficient (Wildman–Crippen LogP) is 11.0. The van der Waals surface area contributed by atoms with Gasteiger partial charge in [0.2, 0.25) is 0 Å². The summed E-state index contributed by atoms with van der Waals surface area (Å²) in [5.41, 5.74) is 3.85. The zero-order valence-electron chi connectivity index (χ0n) is 22.4. The summed E-state index contributed by atoms with van der Waals surface area (Å²) in [7, 11) is 0. The van der Waals surface area contributed by atoms with E-state index in [9.17, 15) is 0 Å². The SMILES string of the molecule is CCCCCCC1(CCCCCC)C2=CC(C(C)(C)Br)CC=C2C2C=CC(C(C)(C)Br)CC21. The maximum Gasteiger partial charge on any atom is 0.0267 e. The van der Waals surface area contributed by atoms with Crippen molar-refractivity contribution in [2.75, 3.05) is 0 Å². The first kappa shape index (κ1) is 27.8. The van der Waals surface area contributed by atoms with E-state index in [-0.39, 0.29) is 8.65 Å². The smallest absolute Gasteiger partial charge is 0.0267 e. The zero-order chi connectivity index (χ0) is 24.3. The van der Waals surface area contributed by atoms with Crippen LogP contribution >= 0.6 is 31.9 Å². The monoisotopic (exact) mass is 580 g/mol. The maximum absolute atomic E-state index is 4.05. The molecular formula is C31H50Br2. The highest BCUT2D eigenvalue weighted by Crippen LogP contribution is 2.65. The molecule has 3 aliphatic carbocycles. The Balaban J connectivity index is 2.03. The average molecular weight is 583 g/mol. The second-order valence-electron chi connectivity index (χ2n) is 12.3. The Morgan fingerprint density at radius 1 is 0.818 bits per heavy atom. The molecule has 1 fully saturated rings. The number of hydrogen-bond donors (Lipinski definition) is 0. The van der Waals surface area contributed by atoms with Gasteiger partial charge in [0.05, 0.1) is 0 Å². The van der Waals surface area contributed by atoms with Gasteiger partial charge in [0.1, 0.15) is 0 Å². The van der Waals surface area contributed by atoms with E-state index in [1.807, 2.05) is 0 Å². The molecule has 0 saturated heterocycles. The number of hydrogen-bond acceptors (Lipinski definition) is 0. The molecule has 0 heterocycles. The zero-order valence-corrected chi connectivity index (χ0v) is 25.5. The molecule has 0 radical (unpaired) electrons. The molecule has 2 heteroatoms. The molecule has 3 rings (SSSR count). The Bertz CT molecular complexity index is 715. The first-order valence-electron chi connectivity index (χ1n) is 14.0. The van der Waals surface area contributed by atoms with Crippen LogP contribution in [0.5, 0.6) is 0 Å². The highest BCUT2D eigenvalue weighted by atomic mass is 79.9. The molecule has 0 nitrogen and oxygen atoms in total. The van der Waals surface area contributed by atoms with Crippen molar-refractivity contribution in [3.05, 3.63) is 35.5 Å². The van der Waals surface area contributed by atoms with Crippen LogP contribution in [0.1, 0.15) is 119 Å². The van der Waals surface area contributed by atoms with Crippen LogP contribution in [0.25, 0.3) is 0 Å². The van der Waals surface area contributed by atoms with Gasteiger partial charge in [-0.15, -0.1) is 0 Å². The number of alkyl halides is 2. The predicted molar refractivity (Wildman–Crippen MR) is 154 cm³/mol. The van der Waals surface area contributed by atoms with Crippen LogP contribution in [0.4, 0.5) is 0 Å². The molecule has 0 bridgehead atoms. The number of fused-ring (bicyclic) bond motifs is 3. The summed E-state index contributed by atoms with van der Waals surface area (Å²) in [5.74, 6) is 2.62. The van der Waals surface area contributed by atoms with Crippen molar-refractivity contribution in [2.24, 2.45) is 29.1 Å². The molecule has 0 spiro atoms. The van der Waals surface area contributed by atoms with E-state index in [0.717, 1.165) is 5.92 Å². The van der Waals surface area contributed by atoms with Crippen LogP contribution in [-0.4, -0.2) is 8.65 Å². The van der Waals surface area contributed by atoms with Gasteiger partial charge in [-0.2, -0.15) is 0 Å². The van der Waals surface area contributed by atoms with Crippen molar-refractivity contribution in [3.8, 4) is 0 Å². The van der Waals surface area contributed by atoms with Gasteiger partial charge in [0.25, 0.3) is 0 Å². The highest BCUT2D eigenvalue weighted by molar-refractivity contribution is 9.10. The number of halogens is 2. The van der Waals surface area contributed by atoms with Crippen LogP contribution in [0.15, 0.2) is 35.5 Å². The second-order valence-corrected chi connectivity index (χ2v) is 16.4. The van der Waals surface area contributed by atoms with Crippen LogP contribution < -0.4 is 0 Å². The number of rotatable bonds is 12. The lowest BCUT2D eigenvalue weighted by Gasteiger charge is -2.44. The summed E-state index contributed by atoms with van der Waals surface area (Å²) in [6.45, 7) is 14.2. The minimum atomic E-state index is 0.155. The topological polar surface area (TPSA) is 0 Å². The third-order valence-corrected chi connectivity index (χ3v) is 10.3. The second kappa shape index (κ2) is 11.5. The molecule has 3 aliphatic rings. The summed E-state index contributed by atoms with van der Waals surface area (Å²) in [4.78, 5) is 0. The quantitative estimate of drug-likeness (QED) is 0.122. The van der Waals surface area contributed by atoms with Gasteiger partial charge in [-0.1, -0.05) is 121 Å². The summed E-state index contributed by atoms with van der Waals surface area (Å²) in [6.07, 6.45) is 26.9. The molecule has 0 aromatic carbocycles. The van der Waals surface area contributed by atoms with Crippen molar-refractivity contribution < 1.29 is 0 Å². The van der Waals surface area contributed by atoms with Gasteiger partial charge < -0.3 is 0 Å². The Morgan fingerprint density at radius 2 is 1.39 bits per heavy atom. The molecule has 4 atom stereocenters. The van der Waals surface area contributed by atoms with Crippen LogP contribution in [0.3, 0.4) is 0 Å². The third-order valence-electron chi connectivity index (χ3n) is 9.08. The van der Waals surface area contributed by atoms with Crippen LogP contribution in [0, 0.1) is 29.1 Å². The Labute approximate surface area is 222 Å². The maximum atomic E-state index is 4.05. The normalized spacial score (nSPS) is 28.8. The van der Waals surface area contributed by atoms with Crippen molar-refractivity contribution in [1.29, 1.82) is 0 Å². The lowest BCUT2D eigenvalue weighted by molar-refractivity contribution is 0.139. The minimum absolute atomic E-state index is 0.155. The Kier molecular flexibility index (Phi) is 9.67. The van der Waals surface area contributed by atoms with E-state index in [1.54, 1.807) is 11.1 Å². The van der Waals surface area contributed by atoms with Gasteiger partial charge in [-0.25, -0.2) is 0 Å². The molecule has 188 valence electrons. The average Bonchev–Trinajstić information content (AvgIpc) is 3.02. The fourth-order valence-corrected chi connectivity index (χ4v) is 7.62. The van der Waals surface area contributed by atoms with E-state index in [1.165, 1.54) is 77.0 Å². The molecule has 33 heavy (non-hydrogen) atoms. The molecule has 0 N–H and O–H groups in total. The van der Waals surface area contributed by atoms with Gasteiger partial charge in [-0.05, 0) is 87.7 Å². The number of unbranched alkanes of at least 4 members (excludes halogenated alkanes) is 6. The third kappa shape index (κ3) is 6.31. The van der Waals surface area contributed by atoms with Crippen LogP contribution in [-0.2, 0) is 0 Å². The first-order valence-corrected chi connectivity index (χ1v) is 15.6. The fraction of sp³-hybridized carbons (Fsp3) is 0.806. The largest absolute Gasteiger partial charge is 0.0853 e. The lowest BCUT2D eigenvalue weighted by atomic mass is 9.62. The lowest BCUT2D eigenvalue weighted by Crippen LogP contribution is -2.37. The summed E-state index contributed by atoms with van der Waals surface area (Å²) < 4.78 is 0.323. The van der Waals surface area contributed by atoms with Gasteiger partial charge in [0.15, 0.2) is 0 Å². The van der Waals surface area contributed by atoms with Crippen LogP contribution in [0.2, 0.25) is 0 Å². The van der Waals surface area contributed by atoms with E-state index >= 15 is 0 Å². The number of allylic oxidation sites excluding steroid dienone is 6. The standard InChI is InChI=1S/C31H50Br2/c1-7-9-11-13-19-31(20-14-12-10-8-2)27-21-23(29(3,4)32)15-17-25(27)26-18-16-24(22-28(26)31)30(5,6)33/h15,17-18,22-25,27H,7-14,16,19-21H2,1-6H3. The first-order chi connectivity index (χ1) is 15.5. The van der Waals surface area contributed by atoms with Crippen molar-refractivity contribution >= 4 is 31.9 Å². The van der Waals surface area contributed by atoms with Crippen molar-refractivity contribution in [1.82, 2.24) is 0 Å². The van der Waals surface area contributed by atoms with Crippen molar-refractivity contribution in [2.45, 2.75) is 127 Å². The molecule has 0 aliphatic heterocycles. The van der Waals surface area contributed by atoms with Gasteiger partial charge >= 0.3 is 0 Å². The summed E-state index contributed by atoms with van der Waals surface area (Å²) >= 11 is 8.09. The van der Waals surface area contributed by atoms with E-state index in [4.69, 9.17) is 0 Å². The van der Waals surface area contributed by atoms with Gasteiger partial charge in [-0.3, -0.25) is 0 Å². The molecule has 0 amide bonds. The van der Waals surface area contributed by atoms with E-state index in [0.29, 0.717) is 23.2 Å². The highest BCUT2D eigenvalue weighted by Gasteiger charge is 2.55. The molecule has 0 aromatic rings. The minimum Gasteiger partial charge on any atom is -0.0853 e. The van der Waals surface area contributed by atoms with E-state index in [2.05, 4.69) is 97.7 Å². The fourth-order valence-electron chi connectivity index (χ4n) is 6.96. The van der Waals surface area contributed by atoms with Crippen molar-refractivity contribution in [3.63, 3.8) is 0 Å². The van der Waals surface area contributed by atoms with Gasteiger partial charge in [0, 0.05) is 14.6 Å². The summed E-state index contributed by atoms with van der Waals surface area (Å²) in [6, 6.07) is 0. The molecular weight excluding hydrogens is 532 g/mol. The Hall–Kier alpha value is 0.180. The Morgan fingerprint density at radius 3 is 1.91 bits per heavy atom. The molecule has 0 aromatic heterocycles. The molecule has 4 unspecified atom stereocenters. The molecule has 1 saturated carbocycles.